The van der Waals surface area contributed by atoms with Crippen LogP contribution in [0.1, 0.15) is 22.8 Å². The Hall–Kier alpha value is -3.31. The van der Waals surface area contributed by atoms with Crippen LogP contribution in [0, 0.1) is 11.3 Å². The number of benzene rings is 2. The van der Waals surface area contributed by atoms with Crippen molar-refractivity contribution in [2.75, 3.05) is 26.1 Å². The maximum absolute atomic E-state index is 12.5. The molecule has 0 fully saturated rings. The third-order valence-electron chi connectivity index (χ3n) is 3.78. The fraction of sp³-hybridized carbons (Fsp3) is 0.190. The Labute approximate surface area is 177 Å². The van der Waals surface area contributed by atoms with Gasteiger partial charge in [0.25, 0.3) is 5.91 Å². The van der Waals surface area contributed by atoms with Crippen molar-refractivity contribution in [2.45, 2.75) is 6.92 Å². The Morgan fingerprint density at radius 3 is 2.45 bits per heavy atom. The van der Waals surface area contributed by atoms with E-state index < -0.39 is 11.9 Å². The number of methoxy groups -OCH3 is 2. The van der Waals surface area contributed by atoms with Crippen LogP contribution in [0.2, 0.25) is 0 Å². The molecule has 2 aromatic rings. The lowest BCUT2D eigenvalue weighted by atomic mass is 10.1. The van der Waals surface area contributed by atoms with Crippen LogP contribution >= 0.6 is 15.9 Å². The molecule has 150 valence electrons. The summed E-state index contributed by atoms with van der Waals surface area (Å²) in [5, 5.41) is 12.0. The summed E-state index contributed by atoms with van der Waals surface area (Å²) in [5.41, 5.74) is 1.29. The molecule has 7 nitrogen and oxygen atoms in total. The largest absolute Gasteiger partial charge is 0.492 e. The predicted molar refractivity (Wildman–Crippen MR) is 112 cm³/mol. The number of carbonyl (C=O) groups excluding carboxylic acids is 2. The van der Waals surface area contributed by atoms with E-state index in [0.717, 1.165) is 0 Å². The molecule has 0 atom stereocenters. The molecule has 0 aromatic heterocycles. The van der Waals surface area contributed by atoms with Gasteiger partial charge in [-0.2, -0.15) is 5.26 Å². The molecule has 0 unspecified atom stereocenters. The Kier molecular flexibility index (Phi) is 7.80. The maximum atomic E-state index is 12.5. The molecule has 1 N–H and O–H groups in total. The molecule has 1 amide bonds. The highest BCUT2D eigenvalue weighted by Crippen LogP contribution is 2.37. The molecular weight excluding hydrogens is 440 g/mol. The summed E-state index contributed by atoms with van der Waals surface area (Å²) in [6, 6.07) is 11.4. The minimum absolute atomic E-state index is 0.0958. The zero-order valence-electron chi connectivity index (χ0n) is 16.1. The van der Waals surface area contributed by atoms with Gasteiger partial charge in [0, 0.05) is 5.69 Å². The Morgan fingerprint density at radius 2 is 1.90 bits per heavy atom. The number of nitrogens with zero attached hydrogens (tertiary/aromatic N) is 1. The zero-order valence-corrected chi connectivity index (χ0v) is 17.7. The van der Waals surface area contributed by atoms with E-state index in [1.54, 1.807) is 24.3 Å². The van der Waals surface area contributed by atoms with Gasteiger partial charge in [-0.1, -0.05) is 0 Å². The van der Waals surface area contributed by atoms with Crippen LogP contribution < -0.4 is 14.8 Å². The molecule has 29 heavy (non-hydrogen) atoms. The number of halogens is 1. The number of carbonyl (C=O) groups is 2. The second-order valence-corrected chi connectivity index (χ2v) is 6.51. The van der Waals surface area contributed by atoms with Crippen LogP contribution in [0.3, 0.4) is 0 Å². The number of hydrogen-bond acceptors (Lipinski definition) is 6. The summed E-state index contributed by atoms with van der Waals surface area (Å²) in [5.74, 6) is -0.0386. The average molecular weight is 459 g/mol. The van der Waals surface area contributed by atoms with E-state index in [4.69, 9.17) is 9.47 Å². The summed E-state index contributed by atoms with van der Waals surface area (Å²) in [6.07, 6.45) is 1.45. The summed E-state index contributed by atoms with van der Waals surface area (Å²) in [6.45, 7) is 2.28. The molecule has 0 aliphatic heterocycles. The third-order valence-corrected chi connectivity index (χ3v) is 4.36. The van der Waals surface area contributed by atoms with Crippen molar-refractivity contribution >= 4 is 39.6 Å². The highest BCUT2D eigenvalue weighted by molar-refractivity contribution is 9.10. The summed E-state index contributed by atoms with van der Waals surface area (Å²) < 4.78 is 16.1. The Balaban J connectivity index is 2.26. The van der Waals surface area contributed by atoms with E-state index in [0.29, 0.717) is 39.4 Å². The van der Waals surface area contributed by atoms with E-state index in [2.05, 4.69) is 26.0 Å². The van der Waals surface area contributed by atoms with Gasteiger partial charge in [0.2, 0.25) is 0 Å². The smallest absolute Gasteiger partial charge is 0.337 e. The van der Waals surface area contributed by atoms with Crippen molar-refractivity contribution in [3.8, 4) is 17.6 Å². The highest BCUT2D eigenvalue weighted by atomic mass is 79.9. The van der Waals surface area contributed by atoms with Gasteiger partial charge in [-0.3, -0.25) is 4.79 Å². The second kappa shape index (κ2) is 10.3. The SMILES string of the molecule is CCOc1cc(/C=C(\C#N)C(=O)Nc2ccc(C(=O)OC)cc2)cc(Br)c1OC. The molecule has 0 heterocycles. The molecule has 0 spiro atoms. The van der Waals surface area contributed by atoms with E-state index in [1.807, 2.05) is 13.0 Å². The van der Waals surface area contributed by atoms with Crippen LogP contribution in [0.4, 0.5) is 5.69 Å². The summed E-state index contributed by atoms with van der Waals surface area (Å²) >= 11 is 3.40. The van der Waals surface area contributed by atoms with E-state index in [-0.39, 0.29) is 5.57 Å². The van der Waals surface area contributed by atoms with Gasteiger partial charge in [0.15, 0.2) is 11.5 Å². The van der Waals surface area contributed by atoms with Crippen molar-refractivity contribution in [1.29, 1.82) is 5.26 Å². The minimum Gasteiger partial charge on any atom is -0.492 e. The quantitative estimate of drug-likeness (QED) is 0.379. The van der Waals surface area contributed by atoms with Gasteiger partial charge in [-0.25, -0.2) is 4.79 Å². The van der Waals surface area contributed by atoms with Crippen molar-refractivity contribution in [2.24, 2.45) is 0 Å². The first kappa shape index (κ1) is 22.0. The number of nitriles is 1. The van der Waals surface area contributed by atoms with Crippen LogP contribution in [0.25, 0.3) is 6.08 Å². The number of hydrogen-bond donors (Lipinski definition) is 1. The van der Waals surface area contributed by atoms with Crippen molar-refractivity contribution in [3.05, 3.63) is 57.6 Å². The molecule has 0 aliphatic carbocycles. The van der Waals surface area contributed by atoms with Gasteiger partial charge >= 0.3 is 5.97 Å². The van der Waals surface area contributed by atoms with E-state index >= 15 is 0 Å². The van der Waals surface area contributed by atoms with Gasteiger partial charge in [0.05, 0.1) is 30.9 Å². The molecular formula is C21H19BrN2O5. The van der Waals surface area contributed by atoms with E-state index in [1.165, 1.54) is 32.4 Å². The highest BCUT2D eigenvalue weighted by Gasteiger charge is 2.14. The van der Waals surface area contributed by atoms with Crippen molar-refractivity contribution in [3.63, 3.8) is 0 Å². The van der Waals surface area contributed by atoms with Crippen LogP contribution in [-0.4, -0.2) is 32.7 Å². The fourth-order valence-electron chi connectivity index (χ4n) is 2.45. The third kappa shape index (κ3) is 5.59. The maximum Gasteiger partial charge on any atom is 0.337 e. The fourth-order valence-corrected chi connectivity index (χ4v) is 3.08. The van der Waals surface area contributed by atoms with Crippen LogP contribution in [0.15, 0.2) is 46.4 Å². The van der Waals surface area contributed by atoms with Crippen LogP contribution in [0.5, 0.6) is 11.5 Å². The molecule has 0 aliphatic rings. The number of ether oxygens (including phenoxy) is 3. The second-order valence-electron chi connectivity index (χ2n) is 5.66. The number of nitrogens with one attached hydrogen (secondary N) is 1. The average Bonchev–Trinajstić information content (AvgIpc) is 2.72. The molecule has 0 saturated carbocycles. The van der Waals surface area contributed by atoms with E-state index in [9.17, 15) is 14.9 Å². The van der Waals surface area contributed by atoms with Gasteiger partial charge in [0.1, 0.15) is 11.6 Å². The summed E-state index contributed by atoms with van der Waals surface area (Å²) in [4.78, 5) is 23.9. The number of amides is 1. The summed E-state index contributed by atoms with van der Waals surface area (Å²) in [7, 11) is 2.81. The predicted octanol–water partition coefficient (Wildman–Crippen LogP) is 4.19. The molecule has 0 saturated heterocycles. The van der Waals surface area contributed by atoms with Gasteiger partial charge in [-0.15, -0.1) is 0 Å². The molecule has 0 radical (unpaired) electrons. The first-order chi connectivity index (χ1) is 13.9. The first-order valence-corrected chi connectivity index (χ1v) is 9.34. The van der Waals surface area contributed by atoms with Crippen LogP contribution in [-0.2, 0) is 9.53 Å². The first-order valence-electron chi connectivity index (χ1n) is 8.55. The van der Waals surface area contributed by atoms with Crippen molar-refractivity contribution < 1.29 is 23.8 Å². The molecule has 2 rings (SSSR count). The molecule has 0 bridgehead atoms. The van der Waals surface area contributed by atoms with Gasteiger partial charge < -0.3 is 19.5 Å². The normalized spacial score (nSPS) is 10.7. The topological polar surface area (TPSA) is 97.7 Å². The lowest BCUT2D eigenvalue weighted by Crippen LogP contribution is -2.13. The Morgan fingerprint density at radius 1 is 1.21 bits per heavy atom. The number of esters is 1. The lowest BCUT2D eigenvalue weighted by Gasteiger charge is -2.12. The van der Waals surface area contributed by atoms with Gasteiger partial charge in [-0.05, 0) is 70.9 Å². The zero-order chi connectivity index (χ0) is 21.4. The monoisotopic (exact) mass is 458 g/mol. The number of rotatable bonds is 7. The lowest BCUT2D eigenvalue weighted by molar-refractivity contribution is -0.112. The van der Waals surface area contributed by atoms with Crippen molar-refractivity contribution in [1.82, 2.24) is 0 Å². The molecule has 8 heteroatoms. The number of anilines is 1. The Bertz CT molecular complexity index is 978. The minimum atomic E-state index is -0.580. The molecule has 2 aromatic carbocycles. The standard InChI is InChI=1S/C21H19BrN2O5/c1-4-29-18-11-13(10-17(22)19(18)27-2)9-15(12-23)20(25)24-16-7-5-14(6-8-16)21(26)28-3/h5-11H,4H2,1-3H3,(H,24,25)/b15-9+.